The number of aryl methyl sites for hydroxylation is 2. The van der Waals surface area contributed by atoms with E-state index in [0.29, 0.717) is 18.7 Å². The van der Waals surface area contributed by atoms with Crippen LogP contribution in [-0.2, 0) is 4.79 Å². The summed E-state index contributed by atoms with van der Waals surface area (Å²) in [5.41, 5.74) is 1.81. The van der Waals surface area contributed by atoms with E-state index in [2.05, 4.69) is 20.5 Å². The van der Waals surface area contributed by atoms with Gasteiger partial charge in [-0.3, -0.25) is 14.7 Å². The van der Waals surface area contributed by atoms with Gasteiger partial charge in [-0.05, 0) is 45.2 Å². The molecule has 2 aromatic rings. The van der Waals surface area contributed by atoms with Gasteiger partial charge in [0.05, 0.1) is 6.04 Å². The van der Waals surface area contributed by atoms with Crippen LogP contribution in [0.1, 0.15) is 52.8 Å². The highest BCUT2D eigenvalue weighted by molar-refractivity contribution is 5.94. The van der Waals surface area contributed by atoms with Crippen LogP contribution in [0.3, 0.4) is 0 Å². The fraction of sp³-hybridized carbons (Fsp3) is 0.500. The Morgan fingerprint density at radius 2 is 1.89 bits per heavy atom. The first-order valence-electron chi connectivity index (χ1n) is 9.56. The minimum Gasteiger partial charge on any atom is -0.351 e. The van der Waals surface area contributed by atoms with Gasteiger partial charge in [-0.1, -0.05) is 17.7 Å². The minimum absolute atomic E-state index is 0.00490. The fourth-order valence-corrected chi connectivity index (χ4v) is 3.64. The Kier molecular flexibility index (Phi) is 4.68. The average molecular weight is 367 g/mol. The second-order valence-corrected chi connectivity index (χ2v) is 7.68. The predicted octanol–water partition coefficient (Wildman–Crippen LogP) is 1.95. The van der Waals surface area contributed by atoms with Gasteiger partial charge in [-0.15, -0.1) is 0 Å². The van der Waals surface area contributed by atoms with E-state index in [1.807, 2.05) is 43.0 Å². The van der Waals surface area contributed by atoms with E-state index in [4.69, 9.17) is 0 Å². The van der Waals surface area contributed by atoms with Gasteiger partial charge in [0.25, 0.3) is 5.91 Å². The van der Waals surface area contributed by atoms with E-state index in [9.17, 15) is 9.59 Å². The van der Waals surface area contributed by atoms with Crippen LogP contribution in [0.4, 0.5) is 0 Å². The molecule has 142 valence electrons. The Hall–Kier alpha value is -2.70. The van der Waals surface area contributed by atoms with Gasteiger partial charge in [-0.2, -0.15) is 5.10 Å². The molecule has 4 rings (SSSR count). The second-order valence-electron chi connectivity index (χ2n) is 7.68. The van der Waals surface area contributed by atoms with E-state index in [0.717, 1.165) is 36.5 Å². The highest BCUT2D eigenvalue weighted by Crippen LogP contribution is 2.31. The molecule has 1 saturated carbocycles. The topological polar surface area (TPSA) is 91.0 Å². The SMILES string of the molecule is Cc1ccc(C(=O)N2CC[C@H](c3n[nH]c(C)n3)[C@H](NC(=O)C3CC3)C2)cc1. The van der Waals surface area contributed by atoms with Crippen molar-refractivity contribution in [2.75, 3.05) is 13.1 Å². The predicted molar refractivity (Wildman–Crippen MR) is 100 cm³/mol. The summed E-state index contributed by atoms with van der Waals surface area (Å²) < 4.78 is 0. The maximum Gasteiger partial charge on any atom is 0.253 e. The molecular weight excluding hydrogens is 342 g/mol. The highest BCUT2D eigenvalue weighted by Gasteiger charge is 2.38. The number of carbonyl (C=O) groups is 2. The van der Waals surface area contributed by atoms with Crippen molar-refractivity contribution in [3.63, 3.8) is 0 Å². The van der Waals surface area contributed by atoms with Gasteiger partial charge in [0, 0.05) is 30.5 Å². The number of likely N-dealkylation sites (tertiary alicyclic amines) is 1. The van der Waals surface area contributed by atoms with Crippen LogP contribution in [0.2, 0.25) is 0 Å². The third-order valence-electron chi connectivity index (χ3n) is 5.42. The lowest BCUT2D eigenvalue weighted by atomic mass is 9.90. The molecule has 2 aliphatic rings. The number of amides is 2. The van der Waals surface area contributed by atoms with Gasteiger partial charge < -0.3 is 10.2 Å². The lowest BCUT2D eigenvalue weighted by Crippen LogP contribution is -2.53. The lowest BCUT2D eigenvalue weighted by Gasteiger charge is -2.38. The molecule has 0 radical (unpaired) electrons. The summed E-state index contributed by atoms with van der Waals surface area (Å²) in [5.74, 6) is 1.71. The zero-order valence-corrected chi connectivity index (χ0v) is 15.7. The number of hydrogen-bond donors (Lipinski definition) is 2. The molecule has 2 fully saturated rings. The number of aromatic nitrogens is 3. The van der Waals surface area contributed by atoms with E-state index in [-0.39, 0.29) is 29.7 Å². The van der Waals surface area contributed by atoms with Crippen molar-refractivity contribution in [1.29, 1.82) is 0 Å². The van der Waals surface area contributed by atoms with E-state index in [1.165, 1.54) is 0 Å². The monoisotopic (exact) mass is 367 g/mol. The van der Waals surface area contributed by atoms with E-state index >= 15 is 0 Å². The van der Waals surface area contributed by atoms with Crippen molar-refractivity contribution in [3.05, 3.63) is 47.0 Å². The van der Waals surface area contributed by atoms with Crippen molar-refractivity contribution >= 4 is 11.8 Å². The Labute approximate surface area is 158 Å². The number of H-pyrrole nitrogens is 1. The van der Waals surface area contributed by atoms with Crippen LogP contribution in [0, 0.1) is 19.8 Å². The van der Waals surface area contributed by atoms with Gasteiger partial charge >= 0.3 is 0 Å². The zero-order valence-electron chi connectivity index (χ0n) is 15.7. The first-order valence-corrected chi connectivity index (χ1v) is 9.56. The molecule has 0 bridgehead atoms. The molecule has 1 aromatic heterocycles. The molecule has 1 aliphatic heterocycles. The molecule has 7 heteroatoms. The molecule has 2 amide bonds. The molecule has 1 aromatic carbocycles. The number of hydrogen-bond acceptors (Lipinski definition) is 4. The number of rotatable bonds is 4. The van der Waals surface area contributed by atoms with Crippen LogP contribution < -0.4 is 5.32 Å². The first-order chi connectivity index (χ1) is 13.0. The standard InChI is InChI=1S/C20H25N5O2/c1-12-3-5-15(6-4-12)20(27)25-10-9-16(18-21-13(2)23-24-18)17(11-25)22-19(26)14-7-8-14/h3-6,14,16-17H,7-11H2,1-2H3,(H,22,26)(H,21,23,24)/t16-,17+/m0/s1. The molecule has 27 heavy (non-hydrogen) atoms. The summed E-state index contributed by atoms with van der Waals surface area (Å²) in [6.07, 6.45) is 2.63. The van der Waals surface area contributed by atoms with Gasteiger partial charge in [0.1, 0.15) is 5.82 Å². The summed E-state index contributed by atoms with van der Waals surface area (Å²) in [6, 6.07) is 7.45. The van der Waals surface area contributed by atoms with E-state index < -0.39 is 0 Å². The highest BCUT2D eigenvalue weighted by atomic mass is 16.2. The number of piperidine rings is 1. The molecule has 1 aliphatic carbocycles. The van der Waals surface area contributed by atoms with Crippen molar-refractivity contribution < 1.29 is 9.59 Å². The minimum atomic E-state index is -0.170. The summed E-state index contributed by atoms with van der Waals surface area (Å²) in [5, 5.41) is 10.3. The smallest absolute Gasteiger partial charge is 0.253 e. The largest absolute Gasteiger partial charge is 0.351 e. The van der Waals surface area contributed by atoms with Gasteiger partial charge in [-0.25, -0.2) is 4.98 Å². The summed E-state index contributed by atoms with van der Waals surface area (Å²) in [7, 11) is 0. The quantitative estimate of drug-likeness (QED) is 0.864. The number of carbonyl (C=O) groups excluding carboxylic acids is 2. The Morgan fingerprint density at radius 1 is 1.15 bits per heavy atom. The molecule has 2 atom stereocenters. The normalized spacial score (nSPS) is 22.5. The van der Waals surface area contributed by atoms with Crippen molar-refractivity contribution in [2.24, 2.45) is 5.92 Å². The van der Waals surface area contributed by atoms with Crippen molar-refractivity contribution in [1.82, 2.24) is 25.4 Å². The van der Waals surface area contributed by atoms with Crippen LogP contribution in [-0.4, -0.2) is 51.0 Å². The molecule has 2 heterocycles. The lowest BCUT2D eigenvalue weighted by molar-refractivity contribution is -0.123. The summed E-state index contributed by atoms with van der Waals surface area (Å²) in [4.78, 5) is 31.6. The molecule has 1 saturated heterocycles. The van der Waals surface area contributed by atoms with Crippen LogP contribution >= 0.6 is 0 Å². The Morgan fingerprint density at radius 3 is 2.52 bits per heavy atom. The fourth-order valence-electron chi connectivity index (χ4n) is 3.64. The third kappa shape index (κ3) is 3.86. The maximum atomic E-state index is 12.9. The van der Waals surface area contributed by atoms with Gasteiger partial charge in [0.15, 0.2) is 5.82 Å². The maximum absolute atomic E-state index is 12.9. The van der Waals surface area contributed by atoms with Crippen LogP contribution in [0.15, 0.2) is 24.3 Å². The van der Waals surface area contributed by atoms with Crippen LogP contribution in [0.5, 0.6) is 0 Å². The summed E-state index contributed by atoms with van der Waals surface area (Å²) >= 11 is 0. The summed E-state index contributed by atoms with van der Waals surface area (Å²) in [6.45, 7) is 4.97. The third-order valence-corrected chi connectivity index (χ3v) is 5.42. The first kappa shape index (κ1) is 17.7. The van der Waals surface area contributed by atoms with Crippen LogP contribution in [0.25, 0.3) is 0 Å². The molecular formula is C20H25N5O2. The number of benzene rings is 1. The number of nitrogens with zero attached hydrogens (tertiary/aromatic N) is 3. The molecule has 2 N–H and O–H groups in total. The number of nitrogens with one attached hydrogen (secondary N) is 2. The van der Waals surface area contributed by atoms with E-state index in [1.54, 1.807) is 0 Å². The molecule has 0 spiro atoms. The average Bonchev–Trinajstić information content (AvgIpc) is 3.43. The Balaban J connectivity index is 1.52. The molecule has 0 unspecified atom stereocenters. The van der Waals surface area contributed by atoms with Gasteiger partial charge in [0.2, 0.25) is 5.91 Å². The second kappa shape index (κ2) is 7.13. The molecule has 7 nitrogen and oxygen atoms in total. The van der Waals surface area contributed by atoms with Crippen molar-refractivity contribution in [3.8, 4) is 0 Å². The van der Waals surface area contributed by atoms with Crippen molar-refractivity contribution in [2.45, 2.75) is 45.1 Å². The Bertz CT molecular complexity index is 840. The zero-order chi connectivity index (χ0) is 19.0. The number of aromatic amines is 1.